The lowest BCUT2D eigenvalue weighted by atomic mass is 10.1. The molecule has 2 aliphatic rings. The molecule has 3 atom stereocenters. The second kappa shape index (κ2) is 6.35. The van der Waals surface area contributed by atoms with Crippen molar-refractivity contribution in [2.75, 3.05) is 13.1 Å². The second-order valence-corrected chi connectivity index (χ2v) is 5.76. The SMILES string of the molecule is C[C@@H](O)CC(=O)N[C@H](C(=O)N1CCCCC1)C1CC1=O. The number of Topliss-reactive ketones (excluding diaryl/α,β-unsaturated/α-hetero) is 1. The summed E-state index contributed by atoms with van der Waals surface area (Å²) in [4.78, 5) is 37.3. The maximum Gasteiger partial charge on any atom is 0.245 e. The maximum absolute atomic E-state index is 12.4. The summed E-state index contributed by atoms with van der Waals surface area (Å²) in [5.74, 6) is -0.880. The topological polar surface area (TPSA) is 86.7 Å². The van der Waals surface area contributed by atoms with Gasteiger partial charge in [0.2, 0.25) is 11.8 Å². The van der Waals surface area contributed by atoms with E-state index in [1.165, 1.54) is 6.92 Å². The van der Waals surface area contributed by atoms with Crippen molar-refractivity contribution in [3.05, 3.63) is 0 Å². The third-order valence-corrected chi connectivity index (χ3v) is 3.81. The molecule has 1 unspecified atom stereocenters. The molecule has 0 aromatic carbocycles. The fraction of sp³-hybridized carbons (Fsp3) is 0.786. The molecule has 0 bridgehead atoms. The molecule has 0 spiro atoms. The van der Waals surface area contributed by atoms with Crippen molar-refractivity contribution in [1.82, 2.24) is 10.2 Å². The second-order valence-electron chi connectivity index (χ2n) is 5.76. The number of ketones is 1. The van der Waals surface area contributed by atoms with Crippen LogP contribution in [-0.4, -0.2) is 52.8 Å². The van der Waals surface area contributed by atoms with Crippen molar-refractivity contribution in [2.24, 2.45) is 5.92 Å². The molecule has 1 aliphatic heterocycles. The summed E-state index contributed by atoms with van der Waals surface area (Å²) in [6.45, 7) is 2.91. The molecule has 6 nitrogen and oxygen atoms in total. The van der Waals surface area contributed by atoms with Gasteiger partial charge in [-0.05, 0) is 26.2 Å². The van der Waals surface area contributed by atoms with E-state index in [1.807, 2.05) is 0 Å². The highest BCUT2D eigenvalue weighted by Crippen LogP contribution is 2.29. The van der Waals surface area contributed by atoms with Gasteiger partial charge in [0, 0.05) is 19.5 Å². The van der Waals surface area contributed by atoms with Crippen LogP contribution in [-0.2, 0) is 14.4 Å². The highest BCUT2D eigenvalue weighted by atomic mass is 16.3. The average Bonchev–Trinajstić information content (AvgIpc) is 3.12. The predicted molar refractivity (Wildman–Crippen MR) is 71.8 cm³/mol. The van der Waals surface area contributed by atoms with E-state index in [-0.39, 0.29) is 29.9 Å². The Hall–Kier alpha value is -1.43. The summed E-state index contributed by atoms with van der Waals surface area (Å²) < 4.78 is 0. The third-order valence-electron chi connectivity index (χ3n) is 3.81. The van der Waals surface area contributed by atoms with Gasteiger partial charge >= 0.3 is 0 Å². The van der Waals surface area contributed by atoms with Gasteiger partial charge in [-0.15, -0.1) is 0 Å². The number of hydrogen-bond donors (Lipinski definition) is 2. The smallest absolute Gasteiger partial charge is 0.245 e. The van der Waals surface area contributed by atoms with Gasteiger partial charge in [0.25, 0.3) is 0 Å². The fourth-order valence-corrected chi connectivity index (χ4v) is 2.61. The molecular formula is C14H22N2O4. The summed E-state index contributed by atoms with van der Waals surface area (Å²) in [5, 5.41) is 11.8. The van der Waals surface area contributed by atoms with Gasteiger partial charge in [0.15, 0.2) is 0 Å². The van der Waals surface area contributed by atoms with E-state index >= 15 is 0 Å². The van der Waals surface area contributed by atoms with Crippen LogP contribution in [0.4, 0.5) is 0 Å². The van der Waals surface area contributed by atoms with E-state index in [0.29, 0.717) is 19.5 Å². The predicted octanol–water partition coefficient (Wildman–Crippen LogP) is -0.156. The van der Waals surface area contributed by atoms with Gasteiger partial charge in [-0.2, -0.15) is 0 Å². The Morgan fingerprint density at radius 1 is 1.35 bits per heavy atom. The van der Waals surface area contributed by atoms with Crippen LogP contribution in [0.5, 0.6) is 0 Å². The van der Waals surface area contributed by atoms with E-state index in [1.54, 1.807) is 4.90 Å². The van der Waals surface area contributed by atoms with Crippen LogP contribution in [0.15, 0.2) is 0 Å². The Morgan fingerprint density at radius 3 is 2.45 bits per heavy atom. The quantitative estimate of drug-likeness (QED) is 0.734. The normalized spacial score (nSPS) is 25.0. The number of amides is 2. The zero-order valence-electron chi connectivity index (χ0n) is 11.8. The highest BCUT2D eigenvalue weighted by Gasteiger charge is 2.47. The van der Waals surface area contributed by atoms with Crippen molar-refractivity contribution >= 4 is 17.6 Å². The van der Waals surface area contributed by atoms with E-state index < -0.39 is 12.1 Å². The van der Waals surface area contributed by atoms with Gasteiger partial charge in [-0.3, -0.25) is 14.4 Å². The molecule has 20 heavy (non-hydrogen) atoms. The number of likely N-dealkylation sites (tertiary alicyclic amines) is 1. The summed E-state index contributed by atoms with van der Waals surface area (Å²) in [5.41, 5.74) is 0. The molecule has 1 aliphatic carbocycles. The first-order valence-corrected chi connectivity index (χ1v) is 7.28. The van der Waals surface area contributed by atoms with Gasteiger partial charge in [0.05, 0.1) is 18.4 Å². The van der Waals surface area contributed by atoms with Crippen molar-refractivity contribution in [3.8, 4) is 0 Å². The molecule has 2 rings (SSSR count). The van der Waals surface area contributed by atoms with Gasteiger partial charge in [-0.1, -0.05) is 0 Å². The van der Waals surface area contributed by atoms with Gasteiger partial charge in [-0.25, -0.2) is 0 Å². The summed E-state index contributed by atoms with van der Waals surface area (Å²) >= 11 is 0. The van der Waals surface area contributed by atoms with Crippen LogP contribution in [0.25, 0.3) is 0 Å². The molecule has 2 fully saturated rings. The fourth-order valence-electron chi connectivity index (χ4n) is 2.61. The molecule has 6 heteroatoms. The number of rotatable bonds is 5. The molecule has 2 amide bonds. The summed E-state index contributed by atoms with van der Waals surface area (Å²) in [6.07, 6.45) is 2.61. The van der Waals surface area contributed by atoms with E-state index in [0.717, 1.165) is 19.3 Å². The van der Waals surface area contributed by atoms with Crippen LogP contribution >= 0.6 is 0 Å². The van der Waals surface area contributed by atoms with Crippen LogP contribution in [0, 0.1) is 5.92 Å². The van der Waals surface area contributed by atoms with E-state index in [4.69, 9.17) is 0 Å². The number of carbonyl (C=O) groups excluding carboxylic acids is 3. The monoisotopic (exact) mass is 282 g/mol. The Kier molecular flexibility index (Phi) is 4.75. The first-order chi connectivity index (χ1) is 9.49. The number of carbonyl (C=O) groups is 3. The lowest BCUT2D eigenvalue weighted by Crippen LogP contribution is -2.51. The third kappa shape index (κ3) is 3.79. The summed E-state index contributed by atoms with van der Waals surface area (Å²) in [6, 6.07) is -0.744. The van der Waals surface area contributed by atoms with Crippen LogP contribution < -0.4 is 5.32 Å². The molecule has 0 radical (unpaired) electrons. The highest BCUT2D eigenvalue weighted by molar-refractivity contribution is 6.03. The molecular weight excluding hydrogens is 260 g/mol. The Balaban J connectivity index is 1.97. The number of aliphatic hydroxyl groups excluding tert-OH is 1. The van der Waals surface area contributed by atoms with Gasteiger partial charge < -0.3 is 15.3 Å². The van der Waals surface area contributed by atoms with Crippen molar-refractivity contribution in [1.29, 1.82) is 0 Å². The minimum Gasteiger partial charge on any atom is -0.393 e. The summed E-state index contributed by atoms with van der Waals surface area (Å²) in [7, 11) is 0. The number of nitrogens with one attached hydrogen (secondary N) is 1. The molecule has 112 valence electrons. The van der Waals surface area contributed by atoms with Crippen LogP contribution in [0.1, 0.15) is 39.0 Å². The van der Waals surface area contributed by atoms with E-state index in [2.05, 4.69) is 5.32 Å². The maximum atomic E-state index is 12.4. The van der Waals surface area contributed by atoms with Crippen molar-refractivity contribution in [3.63, 3.8) is 0 Å². The lowest BCUT2D eigenvalue weighted by molar-refractivity contribution is -0.138. The molecule has 1 saturated heterocycles. The average molecular weight is 282 g/mol. The molecule has 0 aromatic rings. The Bertz CT molecular complexity index is 402. The zero-order valence-corrected chi connectivity index (χ0v) is 11.8. The standard InChI is InChI=1S/C14H22N2O4/c1-9(17)7-12(19)15-13(10-8-11(10)18)14(20)16-5-3-2-4-6-16/h9-10,13,17H,2-8H2,1H3,(H,15,19)/t9-,10?,13+/m1/s1. The Labute approximate surface area is 118 Å². The molecule has 0 aromatic heterocycles. The zero-order chi connectivity index (χ0) is 14.7. The number of piperidine rings is 1. The largest absolute Gasteiger partial charge is 0.393 e. The number of aliphatic hydroxyl groups is 1. The Morgan fingerprint density at radius 2 is 1.95 bits per heavy atom. The van der Waals surface area contributed by atoms with Crippen LogP contribution in [0.2, 0.25) is 0 Å². The van der Waals surface area contributed by atoms with Gasteiger partial charge in [0.1, 0.15) is 11.8 Å². The van der Waals surface area contributed by atoms with E-state index in [9.17, 15) is 19.5 Å². The first-order valence-electron chi connectivity index (χ1n) is 7.28. The number of hydrogen-bond acceptors (Lipinski definition) is 4. The molecule has 1 heterocycles. The molecule has 2 N–H and O–H groups in total. The molecule has 1 saturated carbocycles. The lowest BCUT2D eigenvalue weighted by Gasteiger charge is -2.30. The van der Waals surface area contributed by atoms with Crippen LogP contribution in [0.3, 0.4) is 0 Å². The minimum atomic E-state index is -0.754. The van der Waals surface area contributed by atoms with Crippen molar-refractivity contribution in [2.45, 2.75) is 51.2 Å². The first kappa shape index (κ1) is 15.0. The minimum absolute atomic E-state index is 0.0257. The number of nitrogens with zero attached hydrogens (tertiary/aromatic N) is 1. The van der Waals surface area contributed by atoms with Crippen molar-refractivity contribution < 1.29 is 19.5 Å².